The first kappa shape index (κ1) is 13.7. The van der Waals surface area contributed by atoms with Gasteiger partial charge in [0.05, 0.1) is 29.0 Å². The van der Waals surface area contributed by atoms with Crippen molar-refractivity contribution in [2.45, 2.75) is 6.04 Å². The van der Waals surface area contributed by atoms with Crippen LogP contribution in [0.3, 0.4) is 0 Å². The standard InChI is InChI=1S/C14H16N4O3/c19-18(20)14-11-2-1-5-16-12(11)3-4-13(14)17-8-10-9-21-7-6-15-10/h1-5,10,15,17H,6-9H2. The predicted molar refractivity (Wildman–Crippen MR) is 79.5 cm³/mol. The number of nitrogens with zero attached hydrogens (tertiary/aromatic N) is 2. The van der Waals surface area contributed by atoms with Crippen LogP contribution in [0.2, 0.25) is 0 Å². The van der Waals surface area contributed by atoms with Crippen LogP contribution in [0.15, 0.2) is 30.5 Å². The number of nitro groups is 1. The quantitative estimate of drug-likeness (QED) is 0.655. The van der Waals surface area contributed by atoms with Crippen molar-refractivity contribution in [3.05, 3.63) is 40.6 Å². The number of rotatable bonds is 4. The van der Waals surface area contributed by atoms with Gasteiger partial charge in [0.15, 0.2) is 0 Å². The van der Waals surface area contributed by atoms with Crippen LogP contribution in [0, 0.1) is 10.1 Å². The van der Waals surface area contributed by atoms with Gasteiger partial charge in [0.2, 0.25) is 0 Å². The molecule has 1 aromatic carbocycles. The Bertz CT molecular complexity index is 656. The lowest BCUT2D eigenvalue weighted by Gasteiger charge is -2.24. The van der Waals surface area contributed by atoms with E-state index in [0.29, 0.717) is 36.3 Å². The van der Waals surface area contributed by atoms with E-state index in [1.807, 2.05) is 0 Å². The van der Waals surface area contributed by atoms with Crippen LogP contribution >= 0.6 is 0 Å². The molecule has 2 heterocycles. The molecule has 0 radical (unpaired) electrons. The number of fused-ring (bicyclic) bond motifs is 1. The number of nitro benzene ring substituents is 1. The molecule has 0 saturated carbocycles. The second-order valence-electron chi connectivity index (χ2n) is 4.90. The van der Waals surface area contributed by atoms with Gasteiger partial charge in [-0.1, -0.05) is 0 Å². The van der Waals surface area contributed by atoms with E-state index >= 15 is 0 Å². The summed E-state index contributed by atoms with van der Waals surface area (Å²) in [5, 5.41) is 18.4. The summed E-state index contributed by atoms with van der Waals surface area (Å²) in [6.45, 7) is 2.69. The van der Waals surface area contributed by atoms with Crippen molar-refractivity contribution in [3.8, 4) is 0 Å². The van der Waals surface area contributed by atoms with Crippen LogP contribution in [0.25, 0.3) is 10.9 Å². The van der Waals surface area contributed by atoms with Crippen LogP contribution in [0.1, 0.15) is 0 Å². The normalized spacial score (nSPS) is 18.6. The summed E-state index contributed by atoms with van der Waals surface area (Å²) in [6, 6.07) is 7.07. The highest BCUT2D eigenvalue weighted by molar-refractivity contribution is 5.94. The van der Waals surface area contributed by atoms with Crippen LogP contribution in [-0.2, 0) is 4.74 Å². The van der Waals surface area contributed by atoms with E-state index in [-0.39, 0.29) is 16.7 Å². The summed E-state index contributed by atoms with van der Waals surface area (Å²) in [5.41, 5.74) is 1.19. The Hall–Kier alpha value is -2.25. The van der Waals surface area contributed by atoms with Gasteiger partial charge in [-0.15, -0.1) is 0 Å². The first-order valence-electron chi connectivity index (χ1n) is 6.83. The maximum atomic E-state index is 11.4. The molecule has 21 heavy (non-hydrogen) atoms. The van der Waals surface area contributed by atoms with Gasteiger partial charge in [-0.05, 0) is 24.3 Å². The average Bonchev–Trinajstić information content (AvgIpc) is 2.53. The first-order valence-corrected chi connectivity index (χ1v) is 6.83. The molecule has 1 atom stereocenters. The Labute approximate surface area is 121 Å². The molecule has 0 aliphatic carbocycles. The number of ether oxygens (including phenoxy) is 1. The molecule has 1 aliphatic rings. The molecule has 1 aromatic heterocycles. The first-order chi connectivity index (χ1) is 10.3. The fourth-order valence-corrected chi connectivity index (χ4v) is 2.46. The Morgan fingerprint density at radius 3 is 3.14 bits per heavy atom. The van der Waals surface area contributed by atoms with Crippen LogP contribution in [0.5, 0.6) is 0 Å². The van der Waals surface area contributed by atoms with Crippen molar-refractivity contribution < 1.29 is 9.66 Å². The molecule has 2 aromatic rings. The molecular formula is C14H16N4O3. The number of pyridine rings is 1. The number of benzene rings is 1. The van der Waals surface area contributed by atoms with Gasteiger partial charge in [0.25, 0.3) is 0 Å². The van der Waals surface area contributed by atoms with Gasteiger partial charge in [-0.2, -0.15) is 0 Å². The highest BCUT2D eigenvalue weighted by Crippen LogP contribution is 2.32. The van der Waals surface area contributed by atoms with Crippen molar-refractivity contribution in [1.29, 1.82) is 0 Å². The van der Waals surface area contributed by atoms with E-state index in [0.717, 1.165) is 6.54 Å². The summed E-state index contributed by atoms with van der Waals surface area (Å²) >= 11 is 0. The van der Waals surface area contributed by atoms with Crippen molar-refractivity contribution >= 4 is 22.3 Å². The monoisotopic (exact) mass is 288 g/mol. The fourth-order valence-electron chi connectivity index (χ4n) is 2.46. The van der Waals surface area contributed by atoms with Gasteiger partial charge < -0.3 is 15.4 Å². The fraction of sp³-hybridized carbons (Fsp3) is 0.357. The summed E-state index contributed by atoms with van der Waals surface area (Å²) in [5.74, 6) is 0. The zero-order chi connectivity index (χ0) is 14.7. The molecular weight excluding hydrogens is 272 g/mol. The molecule has 1 aliphatic heterocycles. The maximum absolute atomic E-state index is 11.4. The summed E-state index contributed by atoms with van der Waals surface area (Å²) in [7, 11) is 0. The highest BCUT2D eigenvalue weighted by Gasteiger charge is 2.20. The van der Waals surface area contributed by atoms with Gasteiger partial charge in [0.1, 0.15) is 5.69 Å². The maximum Gasteiger partial charge on any atom is 0.301 e. The van der Waals surface area contributed by atoms with Gasteiger partial charge in [0, 0.05) is 25.3 Å². The van der Waals surface area contributed by atoms with E-state index in [9.17, 15) is 10.1 Å². The molecule has 0 amide bonds. The van der Waals surface area contributed by atoms with E-state index in [4.69, 9.17) is 4.74 Å². The lowest BCUT2D eigenvalue weighted by molar-refractivity contribution is -0.382. The van der Waals surface area contributed by atoms with Gasteiger partial charge in [-0.25, -0.2) is 0 Å². The number of hydrogen-bond acceptors (Lipinski definition) is 6. The Morgan fingerprint density at radius 2 is 2.38 bits per heavy atom. The molecule has 110 valence electrons. The van der Waals surface area contributed by atoms with Gasteiger partial charge >= 0.3 is 5.69 Å². The summed E-state index contributed by atoms with van der Waals surface area (Å²) < 4.78 is 5.37. The predicted octanol–water partition coefficient (Wildman–Crippen LogP) is 1.54. The minimum absolute atomic E-state index is 0.0670. The minimum Gasteiger partial charge on any atom is -0.378 e. The van der Waals surface area contributed by atoms with Crippen molar-refractivity contribution in [3.63, 3.8) is 0 Å². The van der Waals surface area contributed by atoms with Crippen LogP contribution < -0.4 is 10.6 Å². The second kappa shape index (κ2) is 6.02. The molecule has 0 bridgehead atoms. The Balaban J connectivity index is 1.87. The van der Waals surface area contributed by atoms with E-state index in [1.165, 1.54) is 0 Å². The molecule has 7 nitrogen and oxygen atoms in total. The molecule has 1 saturated heterocycles. The molecule has 7 heteroatoms. The molecule has 1 fully saturated rings. The van der Waals surface area contributed by atoms with E-state index in [1.54, 1.807) is 30.5 Å². The van der Waals surface area contributed by atoms with Crippen molar-refractivity contribution in [2.75, 3.05) is 31.6 Å². The largest absolute Gasteiger partial charge is 0.378 e. The number of anilines is 1. The smallest absolute Gasteiger partial charge is 0.301 e. The zero-order valence-electron chi connectivity index (χ0n) is 11.4. The van der Waals surface area contributed by atoms with E-state index < -0.39 is 0 Å². The lowest BCUT2D eigenvalue weighted by atomic mass is 10.1. The minimum atomic E-state index is -0.364. The molecule has 1 unspecified atom stereocenters. The number of hydrogen-bond donors (Lipinski definition) is 2. The molecule has 2 N–H and O–H groups in total. The third-order valence-corrected chi connectivity index (χ3v) is 3.48. The van der Waals surface area contributed by atoms with Crippen LogP contribution in [0.4, 0.5) is 11.4 Å². The Kier molecular flexibility index (Phi) is 3.94. The third kappa shape index (κ3) is 2.93. The van der Waals surface area contributed by atoms with Crippen LogP contribution in [-0.4, -0.2) is 42.3 Å². The SMILES string of the molecule is O=[N+]([O-])c1c(NCC2COCCN2)ccc2ncccc12. The summed E-state index contributed by atoms with van der Waals surface area (Å²) in [6.07, 6.45) is 1.63. The number of morpholine rings is 1. The number of nitrogens with one attached hydrogen (secondary N) is 2. The highest BCUT2D eigenvalue weighted by atomic mass is 16.6. The van der Waals surface area contributed by atoms with Gasteiger partial charge in [-0.3, -0.25) is 15.1 Å². The summed E-state index contributed by atoms with van der Waals surface area (Å²) in [4.78, 5) is 15.2. The third-order valence-electron chi connectivity index (χ3n) is 3.48. The second-order valence-corrected chi connectivity index (χ2v) is 4.90. The van der Waals surface area contributed by atoms with Crippen molar-refractivity contribution in [1.82, 2.24) is 10.3 Å². The zero-order valence-corrected chi connectivity index (χ0v) is 11.4. The van der Waals surface area contributed by atoms with Crippen molar-refractivity contribution in [2.24, 2.45) is 0 Å². The average molecular weight is 288 g/mol. The lowest BCUT2D eigenvalue weighted by Crippen LogP contribution is -2.45. The Morgan fingerprint density at radius 1 is 1.48 bits per heavy atom. The molecule has 3 rings (SSSR count). The molecule has 0 spiro atoms. The topological polar surface area (TPSA) is 89.3 Å². The van der Waals surface area contributed by atoms with E-state index in [2.05, 4.69) is 15.6 Å². The number of aromatic nitrogens is 1.